The Morgan fingerprint density at radius 3 is 2.44 bits per heavy atom. The third-order valence-electron chi connectivity index (χ3n) is 3.26. The number of benzene rings is 1. The summed E-state index contributed by atoms with van der Waals surface area (Å²) in [6.45, 7) is 0. The second-order valence-electron chi connectivity index (χ2n) is 4.30. The maximum atomic E-state index is 5.89. The highest BCUT2D eigenvalue weighted by Gasteiger charge is 2.47. The lowest BCUT2D eigenvalue weighted by molar-refractivity contribution is 0.792. The average molecular weight is 234 g/mol. The molecule has 0 spiro atoms. The number of aromatic nitrogens is 2. The van der Waals surface area contributed by atoms with Crippen LogP contribution in [0.1, 0.15) is 24.1 Å². The predicted octanol–water partition coefficient (Wildman–Crippen LogP) is 2.73. The number of nitrogen functional groups attached to an aromatic ring is 1. The van der Waals surface area contributed by atoms with Gasteiger partial charge in [-0.1, -0.05) is 23.7 Å². The van der Waals surface area contributed by atoms with E-state index in [1.165, 1.54) is 5.56 Å². The first-order valence-corrected chi connectivity index (χ1v) is 5.66. The van der Waals surface area contributed by atoms with Crippen molar-refractivity contribution in [1.29, 1.82) is 0 Å². The third kappa shape index (κ3) is 1.39. The average Bonchev–Trinajstić information content (AvgIpc) is 2.97. The molecule has 0 atom stereocenters. The zero-order chi connectivity index (χ0) is 11.2. The number of nitrogens with two attached hydrogens (primary N) is 1. The van der Waals surface area contributed by atoms with Gasteiger partial charge in [0.2, 0.25) is 0 Å². The van der Waals surface area contributed by atoms with Crippen LogP contribution in [0.3, 0.4) is 0 Å². The molecule has 1 aromatic heterocycles. The van der Waals surface area contributed by atoms with Gasteiger partial charge in [0.25, 0.3) is 0 Å². The minimum Gasteiger partial charge on any atom is -0.382 e. The van der Waals surface area contributed by atoms with Crippen molar-refractivity contribution in [3.05, 3.63) is 46.6 Å². The van der Waals surface area contributed by atoms with Gasteiger partial charge in [-0.2, -0.15) is 5.10 Å². The lowest BCUT2D eigenvalue weighted by Gasteiger charge is -2.13. The molecule has 3 nitrogen and oxygen atoms in total. The Hall–Kier alpha value is -1.48. The van der Waals surface area contributed by atoms with E-state index in [1.807, 2.05) is 18.2 Å². The summed E-state index contributed by atoms with van der Waals surface area (Å²) in [7, 11) is 0. The molecule has 0 unspecified atom stereocenters. The quantitative estimate of drug-likeness (QED) is 0.838. The third-order valence-corrected chi connectivity index (χ3v) is 3.51. The molecule has 1 fully saturated rings. The summed E-state index contributed by atoms with van der Waals surface area (Å²) in [4.78, 5) is 0. The summed E-state index contributed by atoms with van der Waals surface area (Å²) < 4.78 is 0. The highest BCUT2D eigenvalue weighted by Crippen LogP contribution is 2.53. The highest BCUT2D eigenvalue weighted by atomic mass is 35.5. The molecule has 82 valence electrons. The van der Waals surface area contributed by atoms with E-state index in [0.29, 0.717) is 5.82 Å². The van der Waals surface area contributed by atoms with E-state index < -0.39 is 0 Å². The van der Waals surface area contributed by atoms with Gasteiger partial charge < -0.3 is 5.73 Å². The first kappa shape index (κ1) is 9.73. The molecule has 1 heterocycles. The van der Waals surface area contributed by atoms with Crippen molar-refractivity contribution in [2.45, 2.75) is 18.3 Å². The molecule has 1 aromatic carbocycles. The monoisotopic (exact) mass is 233 g/mol. The zero-order valence-electron chi connectivity index (χ0n) is 8.70. The van der Waals surface area contributed by atoms with Crippen LogP contribution in [0.5, 0.6) is 0 Å². The summed E-state index contributed by atoms with van der Waals surface area (Å²) in [6.07, 6.45) is 2.27. The summed E-state index contributed by atoms with van der Waals surface area (Å²) in [5.74, 6) is 0.551. The van der Waals surface area contributed by atoms with Crippen molar-refractivity contribution in [3.8, 4) is 0 Å². The molecule has 3 rings (SSSR count). The Morgan fingerprint density at radius 2 is 1.94 bits per heavy atom. The number of hydrogen-bond acceptors (Lipinski definition) is 2. The fraction of sp³-hybridized carbons (Fsp3) is 0.250. The highest BCUT2D eigenvalue weighted by molar-refractivity contribution is 6.30. The van der Waals surface area contributed by atoms with Crippen LogP contribution in [0.25, 0.3) is 0 Å². The minimum atomic E-state index is 0.0925. The fourth-order valence-corrected chi connectivity index (χ4v) is 2.32. The molecule has 0 amide bonds. The minimum absolute atomic E-state index is 0.0925. The van der Waals surface area contributed by atoms with Gasteiger partial charge in [0.05, 0.1) is 0 Å². The second-order valence-corrected chi connectivity index (χ2v) is 4.73. The molecular weight excluding hydrogens is 222 g/mol. The van der Waals surface area contributed by atoms with Crippen LogP contribution in [-0.2, 0) is 5.41 Å². The Balaban J connectivity index is 2.03. The Kier molecular flexibility index (Phi) is 1.98. The van der Waals surface area contributed by atoms with E-state index >= 15 is 0 Å². The van der Waals surface area contributed by atoms with Crippen LogP contribution in [-0.4, -0.2) is 10.2 Å². The smallest absolute Gasteiger partial charge is 0.145 e. The summed E-state index contributed by atoms with van der Waals surface area (Å²) in [5.41, 5.74) is 8.12. The molecule has 1 aliphatic rings. The van der Waals surface area contributed by atoms with Crippen molar-refractivity contribution in [2.75, 3.05) is 5.73 Å². The number of nitrogens with one attached hydrogen (secondary N) is 1. The van der Waals surface area contributed by atoms with E-state index in [1.54, 1.807) is 0 Å². The molecule has 0 aliphatic heterocycles. The van der Waals surface area contributed by atoms with E-state index in [2.05, 4.69) is 22.3 Å². The van der Waals surface area contributed by atoms with Crippen molar-refractivity contribution >= 4 is 17.4 Å². The molecule has 2 aromatic rings. The van der Waals surface area contributed by atoms with Gasteiger partial charge in [0.1, 0.15) is 5.82 Å². The van der Waals surface area contributed by atoms with Crippen LogP contribution in [0.4, 0.5) is 5.82 Å². The maximum Gasteiger partial charge on any atom is 0.145 e. The lowest BCUT2D eigenvalue weighted by atomic mass is 9.92. The number of anilines is 1. The molecule has 1 saturated carbocycles. The van der Waals surface area contributed by atoms with Crippen molar-refractivity contribution in [3.63, 3.8) is 0 Å². The molecule has 0 radical (unpaired) electrons. The Labute approximate surface area is 98.6 Å². The summed E-state index contributed by atoms with van der Waals surface area (Å²) in [5, 5.41) is 7.77. The molecule has 0 bridgehead atoms. The Bertz CT molecular complexity index is 511. The van der Waals surface area contributed by atoms with E-state index in [-0.39, 0.29) is 5.41 Å². The van der Waals surface area contributed by atoms with E-state index in [0.717, 1.165) is 23.6 Å². The van der Waals surface area contributed by atoms with Crippen molar-refractivity contribution in [2.24, 2.45) is 0 Å². The second kappa shape index (κ2) is 3.25. The van der Waals surface area contributed by atoms with Gasteiger partial charge in [0, 0.05) is 22.2 Å². The number of aromatic amines is 1. The predicted molar refractivity (Wildman–Crippen MR) is 64.5 cm³/mol. The number of H-pyrrole nitrogens is 1. The van der Waals surface area contributed by atoms with Crippen LogP contribution in [0.15, 0.2) is 30.3 Å². The van der Waals surface area contributed by atoms with Crippen molar-refractivity contribution < 1.29 is 0 Å². The first-order chi connectivity index (χ1) is 7.71. The van der Waals surface area contributed by atoms with Gasteiger partial charge in [-0.25, -0.2) is 0 Å². The fourth-order valence-electron chi connectivity index (χ4n) is 2.19. The molecule has 0 saturated heterocycles. The number of hydrogen-bond donors (Lipinski definition) is 2. The summed E-state index contributed by atoms with van der Waals surface area (Å²) in [6, 6.07) is 9.92. The number of rotatable bonds is 2. The maximum absolute atomic E-state index is 5.89. The molecule has 16 heavy (non-hydrogen) atoms. The summed E-state index contributed by atoms with van der Waals surface area (Å²) >= 11 is 5.89. The molecule has 1 aliphatic carbocycles. The lowest BCUT2D eigenvalue weighted by Crippen LogP contribution is -2.08. The topological polar surface area (TPSA) is 54.7 Å². The van der Waals surface area contributed by atoms with Gasteiger partial charge in [0.15, 0.2) is 0 Å². The van der Waals surface area contributed by atoms with Gasteiger partial charge in [-0.3, -0.25) is 5.10 Å². The SMILES string of the molecule is Nc1cc(C2(c3ccc(Cl)cc3)CC2)[nH]n1. The van der Waals surface area contributed by atoms with Gasteiger partial charge >= 0.3 is 0 Å². The number of nitrogens with zero attached hydrogens (tertiary/aromatic N) is 1. The van der Waals surface area contributed by atoms with Crippen LogP contribution < -0.4 is 5.73 Å². The van der Waals surface area contributed by atoms with Gasteiger partial charge in [-0.15, -0.1) is 0 Å². The standard InChI is InChI=1S/C12H12ClN3/c13-9-3-1-8(2-4-9)12(5-6-12)10-7-11(14)16-15-10/h1-4,7H,5-6H2,(H3,14,15,16). The normalized spacial score (nSPS) is 17.3. The van der Waals surface area contributed by atoms with E-state index in [9.17, 15) is 0 Å². The van der Waals surface area contributed by atoms with Gasteiger partial charge in [-0.05, 0) is 30.5 Å². The van der Waals surface area contributed by atoms with Crippen LogP contribution in [0, 0.1) is 0 Å². The van der Waals surface area contributed by atoms with Crippen molar-refractivity contribution in [1.82, 2.24) is 10.2 Å². The largest absolute Gasteiger partial charge is 0.382 e. The van der Waals surface area contributed by atoms with E-state index in [4.69, 9.17) is 17.3 Å². The number of halogens is 1. The molecule has 4 heteroatoms. The zero-order valence-corrected chi connectivity index (χ0v) is 9.46. The Morgan fingerprint density at radius 1 is 1.25 bits per heavy atom. The first-order valence-electron chi connectivity index (χ1n) is 5.28. The molecular formula is C12H12ClN3. The van der Waals surface area contributed by atoms with Crippen LogP contribution >= 0.6 is 11.6 Å². The van der Waals surface area contributed by atoms with Crippen LogP contribution in [0.2, 0.25) is 5.02 Å². The molecule has 3 N–H and O–H groups in total.